The summed E-state index contributed by atoms with van der Waals surface area (Å²) in [5.74, 6) is 0.642. The maximum Gasteiger partial charge on any atom is 0.242 e. The number of nitrogens with zero attached hydrogens (tertiary/aromatic N) is 1. The molecule has 6 heteroatoms. The summed E-state index contributed by atoms with van der Waals surface area (Å²) in [5, 5.41) is 5.87. The zero-order valence-corrected chi connectivity index (χ0v) is 16.7. The fourth-order valence-electron chi connectivity index (χ4n) is 4.39. The Morgan fingerprint density at radius 3 is 2.79 bits per heavy atom. The number of rotatable bonds is 6. The van der Waals surface area contributed by atoms with E-state index in [4.69, 9.17) is 4.74 Å². The molecule has 1 spiro atoms. The Kier molecular flexibility index (Phi) is 5.53. The maximum absolute atomic E-state index is 12.7. The molecule has 29 heavy (non-hydrogen) atoms. The average Bonchev–Trinajstić information content (AvgIpc) is 3.30. The van der Waals surface area contributed by atoms with Gasteiger partial charge in [-0.05, 0) is 42.6 Å². The van der Waals surface area contributed by atoms with Crippen LogP contribution in [-0.4, -0.2) is 43.0 Å². The van der Waals surface area contributed by atoms with E-state index in [0.717, 1.165) is 30.8 Å². The number of benzene rings is 2. The van der Waals surface area contributed by atoms with Crippen LogP contribution in [0.1, 0.15) is 24.0 Å². The Labute approximate surface area is 171 Å². The van der Waals surface area contributed by atoms with E-state index < -0.39 is 11.5 Å². The topological polar surface area (TPSA) is 70.7 Å². The Hall–Kier alpha value is -2.86. The molecule has 2 fully saturated rings. The maximum atomic E-state index is 12.7. The van der Waals surface area contributed by atoms with Crippen LogP contribution in [-0.2, 0) is 22.7 Å². The van der Waals surface area contributed by atoms with Gasteiger partial charge in [0.1, 0.15) is 11.8 Å². The minimum Gasteiger partial charge on any atom is -0.497 e. The molecule has 2 atom stereocenters. The molecule has 0 unspecified atom stereocenters. The van der Waals surface area contributed by atoms with Gasteiger partial charge in [0, 0.05) is 19.6 Å². The summed E-state index contributed by atoms with van der Waals surface area (Å²) < 4.78 is 5.22. The molecule has 2 aliphatic rings. The van der Waals surface area contributed by atoms with Gasteiger partial charge < -0.3 is 15.4 Å². The second-order valence-corrected chi connectivity index (χ2v) is 8.03. The van der Waals surface area contributed by atoms with Crippen molar-refractivity contribution in [3.63, 3.8) is 0 Å². The number of carbonyl (C=O) groups excluding carboxylic acids is 2. The third kappa shape index (κ3) is 4.27. The summed E-state index contributed by atoms with van der Waals surface area (Å²) >= 11 is 0. The second-order valence-electron chi connectivity index (χ2n) is 8.03. The van der Waals surface area contributed by atoms with E-state index in [1.807, 2.05) is 42.5 Å². The fourth-order valence-corrected chi connectivity index (χ4v) is 4.39. The van der Waals surface area contributed by atoms with Gasteiger partial charge >= 0.3 is 0 Å². The molecule has 0 aliphatic carbocycles. The quantitative estimate of drug-likeness (QED) is 0.789. The number of ether oxygens (including phenoxy) is 1. The van der Waals surface area contributed by atoms with Crippen molar-refractivity contribution in [3.05, 3.63) is 65.7 Å². The van der Waals surface area contributed by atoms with E-state index in [-0.39, 0.29) is 11.8 Å². The highest BCUT2D eigenvalue weighted by Crippen LogP contribution is 2.40. The first-order valence-electron chi connectivity index (χ1n) is 10.1. The van der Waals surface area contributed by atoms with Gasteiger partial charge in [-0.15, -0.1) is 0 Å². The van der Waals surface area contributed by atoms with Gasteiger partial charge in [-0.2, -0.15) is 0 Å². The van der Waals surface area contributed by atoms with Gasteiger partial charge in [0.05, 0.1) is 12.5 Å². The van der Waals surface area contributed by atoms with Crippen LogP contribution in [0.5, 0.6) is 5.75 Å². The Bertz CT molecular complexity index is 886. The molecule has 0 bridgehead atoms. The third-order valence-electron chi connectivity index (χ3n) is 5.98. The van der Waals surface area contributed by atoms with E-state index in [1.165, 1.54) is 5.56 Å². The largest absolute Gasteiger partial charge is 0.497 e. The molecule has 2 heterocycles. The number of nitrogens with one attached hydrogen (secondary N) is 2. The first-order valence-corrected chi connectivity index (χ1v) is 10.1. The van der Waals surface area contributed by atoms with Crippen LogP contribution in [0.4, 0.5) is 0 Å². The first kappa shape index (κ1) is 19.5. The van der Waals surface area contributed by atoms with E-state index >= 15 is 0 Å². The number of methoxy groups -OCH3 is 1. The zero-order chi connectivity index (χ0) is 20.3. The predicted molar refractivity (Wildman–Crippen MR) is 110 cm³/mol. The summed E-state index contributed by atoms with van der Waals surface area (Å²) in [7, 11) is 1.62. The van der Waals surface area contributed by atoms with E-state index in [0.29, 0.717) is 19.5 Å². The van der Waals surface area contributed by atoms with Crippen molar-refractivity contribution in [2.75, 3.05) is 20.2 Å². The van der Waals surface area contributed by atoms with Crippen LogP contribution >= 0.6 is 0 Å². The Morgan fingerprint density at radius 2 is 2.00 bits per heavy atom. The average molecular weight is 393 g/mol. The molecule has 2 saturated heterocycles. The van der Waals surface area contributed by atoms with Crippen LogP contribution in [0.25, 0.3) is 0 Å². The van der Waals surface area contributed by atoms with Crippen molar-refractivity contribution in [1.82, 2.24) is 15.5 Å². The molecule has 2 amide bonds. The molecule has 2 aromatic rings. The normalized spacial score (nSPS) is 23.9. The van der Waals surface area contributed by atoms with Crippen LogP contribution in [0.15, 0.2) is 54.6 Å². The third-order valence-corrected chi connectivity index (χ3v) is 5.98. The highest BCUT2D eigenvalue weighted by molar-refractivity contribution is 5.94. The van der Waals surface area contributed by atoms with Crippen molar-refractivity contribution in [2.45, 2.75) is 32.0 Å². The van der Waals surface area contributed by atoms with Gasteiger partial charge in [-0.25, -0.2) is 0 Å². The number of hydrogen-bond donors (Lipinski definition) is 2. The van der Waals surface area contributed by atoms with Gasteiger partial charge in [-0.3, -0.25) is 14.5 Å². The smallest absolute Gasteiger partial charge is 0.242 e. The van der Waals surface area contributed by atoms with E-state index in [1.54, 1.807) is 7.11 Å². The monoisotopic (exact) mass is 393 g/mol. The van der Waals surface area contributed by atoms with Gasteiger partial charge in [0.25, 0.3) is 0 Å². The van der Waals surface area contributed by atoms with Crippen molar-refractivity contribution < 1.29 is 14.3 Å². The number of amides is 2. The molecule has 2 aromatic carbocycles. The predicted octanol–water partition coefficient (Wildman–Crippen LogP) is 2.09. The summed E-state index contributed by atoms with van der Waals surface area (Å²) in [6.45, 7) is 2.83. The molecule has 0 aromatic heterocycles. The van der Waals surface area contributed by atoms with Crippen molar-refractivity contribution in [2.24, 2.45) is 5.41 Å². The molecule has 152 valence electrons. The fraction of sp³-hybridized carbons (Fsp3) is 0.391. The standard InChI is InChI=1S/C23H27N3O3/c1-29-19-9-5-8-18(12-19)14-24-21(27)20-13-23(22(28)25-20)10-11-26(16-23)15-17-6-3-2-4-7-17/h2-9,12,20H,10-11,13-16H2,1H3,(H,24,27)(H,25,28)/t20-,23+/m0/s1. The van der Waals surface area contributed by atoms with Gasteiger partial charge in [0.15, 0.2) is 0 Å². The summed E-state index contributed by atoms with van der Waals surface area (Å²) in [6, 6.07) is 17.4. The van der Waals surface area contributed by atoms with Crippen LogP contribution < -0.4 is 15.4 Å². The minimum absolute atomic E-state index is 0.00888. The van der Waals surface area contributed by atoms with E-state index in [9.17, 15) is 9.59 Å². The molecule has 0 saturated carbocycles. The molecule has 0 radical (unpaired) electrons. The van der Waals surface area contributed by atoms with E-state index in [2.05, 4.69) is 27.7 Å². The van der Waals surface area contributed by atoms with Crippen molar-refractivity contribution in [1.29, 1.82) is 0 Å². The summed E-state index contributed by atoms with van der Waals surface area (Å²) in [4.78, 5) is 27.7. The van der Waals surface area contributed by atoms with Crippen molar-refractivity contribution in [3.8, 4) is 5.75 Å². The zero-order valence-electron chi connectivity index (χ0n) is 16.7. The number of likely N-dealkylation sites (tertiary alicyclic amines) is 1. The van der Waals surface area contributed by atoms with Crippen molar-refractivity contribution >= 4 is 11.8 Å². The highest BCUT2D eigenvalue weighted by atomic mass is 16.5. The molecule has 2 N–H and O–H groups in total. The molecule has 2 aliphatic heterocycles. The second kappa shape index (κ2) is 8.25. The number of hydrogen-bond acceptors (Lipinski definition) is 4. The highest BCUT2D eigenvalue weighted by Gasteiger charge is 2.52. The van der Waals surface area contributed by atoms with Crippen LogP contribution in [0, 0.1) is 5.41 Å². The molecule has 4 rings (SSSR count). The minimum atomic E-state index is -0.468. The Morgan fingerprint density at radius 1 is 1.21 bits per heavy atom. The first-order chi connectivity index (χ1) is 14.1. The molecular weight excluding hydrogens is 366 g/mol. The van der Waals surface area contributed by atoms with Gasteiger partial charge in [-0.1, -0.05) is 42.5 Å². The Balaban J connectivity index is 1.33. The van der Waals surface area contributed by atoms with Gasteiger partial charge in [0.2, 0.25) is 11.8 Å². The summed E-state index contributed by atoms with van der Waals surface area (Å²) in [6.07, 6.45) is 1.35. The lowest BCUT2D eigenvalue weighted by Gasteiger charge is -2.21. The lowest BCUT2D eigenvalue weighted by Crippen LogP contribution is -2.41. The SMILES string of the molecule is COc1cccc(CNC(=O)[C@@H]2C[C@@]3(CCN(Cc4ccccc4)C3)C(=O)N2)c1. The lowest BCUT2D eigenvalue weighted by molar-refractivity contribution is -0.128. The van der Waals surface area contributed by atoms with Crippen LogP contribution in [0.3, 0.4) is 0 Å². The van der Waals surface area contributed by atoms with Crippen LogP contribution in [0.2, 0.25) is 0 Å². The lowest BCUT2D eigenvalue weighted by atomic mass is 9.84. The number of carbonyl (C=O) groups is 2. The molecular formula is C23H27N3O3. The molecule has 6 nitrogen and oxygen atoms in total. The summed E-state index contributed by atoms with van der Waals surface area (Å²) in [5.41, 5.74) is 1.76.